The molecule has 1 N–H and O–H groups in total. The summed E-state index contributed by atoms with van der Waals surface area (Å²) in [5.74, 6) is -0.288. The lowest BCUT2D eigenvalue weighted by Gasteiger charge is -2.08. The number of aromatic nitrogens is 2. The fraction of sp³-hybridized carbons (Fsp3) is 0.250. The Morgan fingerprint density at radius 3 is 2.66 bits per heavy atom. The number of amides is 1. The molecule has 1 heterocycles. The van der Waals surface area contributed by atoms with Crippen molar-refractivity contribution < 1.29 is 13.2 Å². The summed E-state index contributed by atoms with van der Waals surface area (Å²) in [6.07, 6.45) is 1.85. The van der Waals surface area contributed by atoms with Gasteiger partial charge in [0.2, 0.25) is 5.91 Å². The van der Waals surface area contributed by atoms with Crippen molar-refractivity contribution in [2.24, 2.45) is 0 Å². The first kappa shape index (κ1) is 21.2. The van der Waals surface area contributed by atoms with Crippen molar-refractivity contribution in [3.63, 3.8) is 0 Å². The highest BCUT2D eigenvalue weighted by atomic mass is 79.9. The maximum Gasteiger partial charge on any atom is 0.261 e. The topological polar surface area (TPSA) is 98.1 Å². The van der Waals surface area contributed by atoms with Gasteiger partial charge in [-0.15, -0.1) is 0 Å². The van der Waals surface area contributed by atoms with Crippen LogP contribution >= 0.6 is 15.9 Å². The van der Waals surface area contributed by atoms with Gasteiger partial charge in [0.25, 0.3) is 5.56 Å². The second-order valence-electron chi connectivity index (χ2n) is 6.49. The van der Waals surface area contributed by atoms with Crippen LogP contribution in [0.1, 0.15) is 12.8 Å². The number of carbonyl (C=O) groups is 1. The van der Waals surface area contributed by atoms with E-state index in [1.54, 1.807) is 42.5 Å². The number of rotatable bonds is 8. The third-order valence-corrected chi connectivity index (χ3v) is 6.69. The molecule has 152 valence electrons. The van der Waals surface area contributed by atoms with Crippen LogP contribution in [0.15, 0.2) is 69.0 Å². The van der Waals surface area contributed by atoms with E-state index in [1.807, 2.05) is 6.07 Å². The molecule has 1 aromatic heterocycles. The summed E-state index contributed by atoms with van der Waals surface area (Å²) in [4.78, 5) is 29.1. The standard InChI is InChI=1S/C20H20BrN3O4S/c21-15-7-8-18-17(13-15)20(26)24(14-23-18)11-9-19(25)22-10-4-12-29(27,28)16-5-2-1-3-6-16/h1-3,5-8,13-14H,4,9-12H2,(H,22,25). The molecule has 9 heteroatoms. The van der Waals surface area contributed by atoms with E-state index in [0.29, 0.717) is 17.3 Å². The van der Waals surface area contributed by atoms with Crippen molar-refractivity contribution in [1.82, 2.24) is 14.9 Å². The van der Waals surface area contributed by atoms with Crippen molar-refractivity contribution in [3.05, 3.63) is 69.7 Å². The van der Waals surface area contributed by atoms with Crippen molar-refractivity contribution in [1.29, 1.82) is 0 Å². The van der Waals surface area contributed by atoms with Crippen LogP contribution in [0.2, 0.25) is 0 Å². The van der Waals surface area contributed by atoms with E-state index < -0.39 is 9.84 Å². The Hall–Kier alpha value is -2.52. The molecule has 0 radical (unpaired) electrons. The molecule has 0 saturated carbocycles. The Bertz CT molecular complexity index is 1180. The van der Waals surface area contributed by atoms with Crippen LogP contribution < -0.4 is 10.9 Å². The molecule has 29 heavy (non-hydrogen) atoms. The number of carbonyl (C=O) groups excluding carboxylic acids is 1. The molecule has 2 aromatic carbocycles. The smallest absolute Gasteiger partial charge is 0.261 e. The van der Waals surface area contributed by atoms with Gasteiger partial charge in [-0.05, 0) is 36.8 Å². The summed E-state index contributed by atoms with van der Waals surface area (Å²) in [6.45, 7) is 0.450. The molecule has 1 amide bonds. The van der Waals surface area contributed by atoms with E-state index >= 15 is 0 Å². The van der Waals surface area contributed by atoms with Crippen LogP contribution in [0, 0.1) is 0 Å². The maximum atomic E-state index is 12.5. The van der Waals surface area contributed by atoms with E-state index in [0.717, 1.165) is 4.47 Å². The van der Waals surface area contributed by atoms with Crippen LogP contribution in [0.5, 0.6) is 0 Å². The number of nitrogens with zero attached hydrogens (tertiary/aromatic N) is 2. The van der Waals surface area contributed by atoms with Crippen LogP contribution in [0.25, 0.3) is 10.9 Å². The first-order valence-electron chi connectivity index (χ1n) is 9.06. The SMILES string of the molecule is O=C(CCn1cnc2ccc(Br)cc2c1=O)NCCCS(=O)(=O)c1ccccc1. The monoisotopic (exact) mass is 477 g/mol. The molecule has 0 atom stereocenters. The zero-order chi connectivity index (χ0) is 20.9. The van der Waals surface area contributed by atoms with E-state index in [4.69, 9.17) is 0 Å². The van der Waals surface area contributed by atoms with Gasteiger partial charge in [-0.3, -0.25) is 14.2 Å². The first-order valence-corrected chi connectivity index (χ1v) is 11.5. The minimum absolute atomic E-state index is 0.0414. The van der Waals surface area contributed by atoms with Crippen LogP contribution in [0.3, 0.4) is 0 Å². The van der Waals surface area contributed by atoms with Gasteiger partial charge in [-0.2, -0.15) is 0 Å². The molecule has 0 unspecified atom stereocenters. The summed E-state index contributed by atoms with van der Waals surface area (Å²) >= 11 is 3.33. The maximum absolute atomic E-state index is 12.5. The Kier molecular flexibility index (Phi) is 6.81. The average molecular weight is 478 g/mol. The lowest BCUT2D eigenvalue weighted by atomic mass is 10.2. The van der Waals surface area contributed by atoms with Gasteiger partial charge in [0.1, 0.15) is 0 Å². The highest BCUT2D eigenvalue weighted by molar-refractivity contribution is 9.10. The number of fused-ring (bicyclic) bond motifs is 1. The normalized spacial score (nSPS) is 11.5. The molecular weight excluding hydrogens is 458 g/mol. The van der Waals surface area contributed by atoms with Gasteiger partial charge >= 0.3 is 0 Å². The zero-order valence-electron chi connectivity index (χ0n) is 15.5. The number of aryl methyl sites for hydroxylation is 1. The van der Waals surface area contributed by atoms with Gasteiger partial charge in [0.15, 0.2) is 9.84 Å². The average Bonchev–Trinajstić information content (AvgIpc) is 2.72. The number of hydrogen-bond acceptors (Lipinski definition) is 5. The molecule has 0 bridgehead atoms. The van der Waals surface area contributed by atoms with Crippen LogP contribution in [-0.2, 0) is 21.2 Å². The Morgan fingerprint density at radius 1 is 1.14 bits per heavy atom. The molecule has 0 aliphatic carbocycles. The van der Waals surface area contributed by atoms with Crippen molar-refractivity contribution in [2.75, 3.05) is 12.3 Å². The Balaban J connectivity index is 1.49. The minimum atomic E-state index is -3.35. The molecule has 0 aliphatic rings. The van der Waals surface area contributed by atoms with E-state index in [2.05, 4.69) is 26.2 Å². The zero-order valence-corrected chi connectivity index (χ0v) is 17.9. The Morgan fingerprint density at radius 2 is 1.90 bits per heavy atom. The van der Waals surface area contributed by atoms with Gasteiger partial charge < -0.3 is 5.32 Å². The predicted octanol–water partition coefficient (Wildman–Crippen LogP) is 2.53. The number of sulfone groups is 1. The van der Waals surface area contributed by atoms with Crippen molar-refractivity contribution in [2.45, 2.75) is 24.3 Å². The van der Waals surface area contributed by atoms with E-state index in [-0.39, 0.29) is 41.6 Å². The van der Waals surface area contributed by atoms with Gasteiger partial charge in [0, 0.05) is 24.0 Å². The number of halogens is 1. The lowest BCUT2D eigenvalue weighted by molar-refractivity contribution is -0.121. The third-order valence-electron chi connectivity index (χ3n) is 4.38. The Labute approximate surface area is 176 Å². The molecule has 3 rings (SSSR count). The second-order valence-corrected chi connectivity index (χ2v) is 9.51. The molecular formula is C20H20BrN3O4S. The molecule has 3 aromatic rings. The van der Waals surface area contributed by atoms with E-state index in [9.17, 15) is 18.0 Å². The molecule has 0 fully saturated rings. The molecule has 0 saturated heterocycles. The predicted molar refractivity (Wildman–Crippen MR) is 114 cm³/mol. The first-order chi connectivity index (χ1) is 13.9. The van der Waals surface area contributed by atoms with Crippen LogP contribution in [0.4, 0.5) is 0 Å². The van der Waals surface area contributed by atoms with Gasteiger partial charge in [-0.25, -0.2) is 13.4 Å². The molecule has 0 aliphatic heterocycles. The van der Waals surface area contributed by atoms with Gasteiger partial charge in [0.05, 0.1) is 27.9 Å². The highest BCUT2D eigenvalue weighted by Gasteiger charge is 2.13. The summed E-state index contributed by atoms with van der Waals surface area (Å²) in [5, 5.41) is 3.18. The minimum Gasteiger partial charge on any atom is -0.356 e. The number of hydrogen-bond donors (Lipinski definition) is 1. The molecule has 7 nitrogen and oxygen atoms in total. The van der Waals surface area contributed by atoms with Crippen LogP contribution in [-0.4, -0.2) is 36.2 Å². The highest BCUT2D eigenvalue weighted by Crippen LogP contribution is 2.15. The van der Waals surface area contributed by atoms with Crippen molar-refractivity contribution in [3.8, 4) is 0 Å². The number of nitrogens with one attached hydrogen (secondary N) is 1. The van der Waals surface area contributed by atoms with Crippen molar-refractivity contribution >= 4 is 42.6 Å². The number of benzene rings is 2. The quantitative estimate of drug-likeness (QED) is 0.502. The summed E-state index contributed by atoms with van der Waals surface area (Å²) in [6, 6.07) is 13.5. The summed E-state index contributed by atoms with van der Waals surface area (Å²) < 4.78 is 26.6. The second kappa shape index (κ2) is 9.32. The fourth-order valence-electron chi connectivity index (χ4n) is 2.84. The fourth-order valence-corrected chi connectivity index (χ4v) is 4.53. The summed E-state index contributed by atoms with van der Waals surface area (Å²) in [7, 11) is -3.35. The largest absolute Gasteiger partial charge is 0.356 e. The molecule has 0 spiro atoms. The lowest BCUT2D eigenvalue weighted by Crippen LogP contribution is -2.29. The third kappa shape index (κ3) is 5.51. The summed E-state index contributed by atoms with van der Waals surface area (Å²) in [5.41, 5.74) is 0.386. The van der Waals surface area contributed by atoms with Gasteiger partial charge in [-0.1, -0.05) is 34.1 Å². The van der Waals surface area contributed by atoms with E-state index in [1.165, 1.54) is 10.9 Å².